The van der Waals surface area contributed by atoms with Gasteiger partial charge in [0.2, 0.25) is 0 Å². The number of hydrogen-bond acceptors (Lipinski definition) is 1. The first-order valence-corrected chi connectivity index (χ1v) is 2.92. The lowest BCUT2D eigenvalue weighted by atomic mass is 10.2. The van der Waals surface area contributed by atoms with Crippen molar-refractivity contribution >= 4 is 17.6 Å². The summed E-state index contributed by atoms with van der Waals surface area (Å²) in [5, 5.41) is 1.72. The quantitative estimate of drug-likeness (QED) is 0.392. The van der Waals surface area contributed by atoms with Gasteiger partial charge in [-0.3, -0.25) is 0 Å². The van der Waals surface area contributed by atoms with Crippen LogP contribution in [-0.2, 0) is 0 Å². The van der Waals surface area contributed by atoms with Crippen molar-refractivity contribution in [1.29, 1.82) is 0 Å². The minimum atomic E-state index is 1.06. The van der Waals surface area contributed by atoms with Crippen LogP contribution in [0.5, 0.6) is 0 Å². The molecule has 0 aromatic carbocycles. The lowest BCUT2D eigenvalue weighted by Gasteiger charge is -1.86. The van der Waals surface area contributed by atoms with Crippen LogP contribution in [0.15, 0.2) is 11.6 Å². The van der Waals surface area contributed by atoms with Crippen molar-refractivity contribution in [1.82, 2.24) is 0 Å². The molecule has 0 unspecified atom stereocenters. The minimum absolute atomic E-state index is 1.06. The van der Waals surface area contributed by atoms with Crippen molar-refractivity contribution in [3.8, 4) is 0 Å². The van der Waals surface area contributed by atoms with Crippen LogP contribution in [0.25, 0.3) is 0 Å². The Kier molecular flexibility index (Phi) is 3.90. The molecular formula is C6H10S. The van der Waals surface area contributed by atoms with E-state index in [0.717, 1.165) is 6.42 Å². The molecule has 0 amide bonds. The van der Waals surface area contributed by atoms with Crippen LogP contribution in [0.4, 0.5) is 0 Å². The normalized spacial score (nSPS) is 11.4. The molecule has 0 spiro atoms. The lowest BCUT2D eigenvalue weighted by molar-refractivity contribution is 1.18. The molecule has 0 rings (SSSR count). The Labute approximate surface area is 50.2 Å². The fourth-order valence-electron chi connectivity index (χ4n) is 0.355. The van der Waals surface area contributed by atoms with Crippen molar-refractivity contribution in [2.75, 3.05) is 0 Å². The van der Waals surface area contributed by atoms with E-state index in [-0.39, 0.29) is 0 Å². The van der Waals surface area contributed by atoms with Crippen molar-refractivity contribution in [3.05, 3.63) is 11.6 Å². The fraction of sp³-hybridized carbons (Fsp3) is 0.500. The van der Waals surface area contributed by atoms with Crippen molar-refractivity contribution in [3.63, 3.8) is 0 Å². The van der Waals surface area contributed by atoms with Gasteiger partial charge in [-0.1, -0.05) is 25.2 Å². The van der Waals surface area contributed by atoms with Crippen LogP contribution in [0, 0.1) is 0 Å². The second-order valence-electron chi connectivity index (χ2n) is 1.33. The topological polar surface area (TPSA) is 0 Å². The molecule has 0 fully saturated rings. The largest absolute Gasteiger partial charge is 0.0884 e. The Balaban J connectivity index is 3.60. The highest BCUT2D eigenvalue weighted by Crippen LogP contribution is 1.93. The standard InChI is InChI=1S/C6H10S/c1-3-6(4-2)5-7/h3,5H,4H2,1-2H3. The number of allylic oxidation sites excluding steroid dienone is 2. The molecule has 0 aliphatic carbocycles. The SMILES string of the molecule is CC=C(C=S)CC. The predicted octanol–water partition coefficient (Wildman–Crippen LogP) is 2.34. The molecule has 0 aromatic rings. The van der Waals surface area contributed by atoms with Crippen molar-refractivity contribution in [2.45, 2.75) is 20.3 Å². The average molecular weight is 114 g/mol. The van der Waals surface area contributed by atoms with Crippen LogP contribution in [0.2, 0.25) is 0 Å². The molecule has 0 N–H and O–H groups in total. The first-order valence-electron chi connectivity index (χ1n) is 2.45. The van der Waals surface area contributed by atoms with E-state index < -0.39 is 0 Å². The molecule has 0 radical (unpaired) electrons. The van der Waals surface area contributed by atoms with E-state index in [2.05, 4.69) is 19.1 Å². The molecule has 0 heterocycles. The zero-order valence-electron chi connectivity index (χ0n) is 4.77. The third-order valence-corrected chi connectivity index (χ3v) is 1.23. The van der Waals surface area contributed by atoms with E-state index in [9.17, 15) is 0 Å². The third-order valence-electron chi connectivity index (χ3n) is 0.930. The monoisotopic (exact) mass is 114 g/mol. The molecule has 0 bridgehead atoms. The summed E-state index contributed by atoms with van der Waals surface area (Å²) in [6, 6.07) is 0. The average Bonchev–Trinajstić information content (AvgIpc) is 1.72. The van der Waals surface area contributed by atoms with Gasteiger partial charge in [0.05, 0.1) is 0 Å². The van der Waals surface area contributed by atoms with E-state index in [1.807, 2.05) is 13.0 Å². The summed E-state index contributed by atoms with van der Waals surface area (Å²) in [5.41, 5.74) is 1.25. The second kappa shape index (κ2) is 4.00. The number of thiocarbonyl (C=S) groups is 1. The fourth-order valence-corrected chi connectivity index (χ4v) is 0.658. The molecule has 0 aliphatic heterocycles. The molecule has 1 heteroatoms. The van der Waals surface area contributed by atoms with Gasteiger partial charge in [-0.05, 0) is 18.9 Å². The smallest absolute Gasteiger partial charge is 0.00422 e. The van der Waals surface area contributed by atoms with Crippen molar-refractivity contribution < 1.29 is 0 Å². The van der Waals surface area contributed by atoms with Gasteiger partial charge in [-0.25, -0.2) is 0 Å². The molecule has 0 nitrogen and oxygen atoms in total. The second-order valence-corrected chi connectivity index (χ2v) is 1.57. The van der Waals surface area contributed by atoms with E-state index >= 15 is 0 Å². The molecule has 40 valence electrons. The molecular weight excluding hydrogens is 104 g/mol. The highest BCUT2D eigenvalue weighted by Gasteiger charge is 1.79. The maximum Gasteiger partial charge on any atom is 0.00422 e. The highest BCUT2D eigenvalue weighted by molar-refractivity contribution is 7.79. The van der Waals surface area contributed by atoms with Crippen LogP contribution in [0.1, 0.15) is 20.3 Å². The van der Waals surface area contributed by atoms with E-state index in [4.69, 9.17) is 0 Å². The molecule has 7 heavy (non-hydrogen) atoms. The molecule has 0 aromatic heterocycles. The summed E-state index contributed by atoms with van der Waals surface area (Å²) in [6.07, 6.45) is 3.09. The number of rotatable bonds is 2. The summed E-state index contributed by atoms with van der Waals surface area (Å²) >= 11 is 4.68. The van der Waals surface area contributed by atoms with Gasteiger partial charge in [0.1, 0.15) is 0 Å². The van der Waals surface area contributed by atoms with Crippen LogP contribution in [0.3, 0.4) is 0 Å². The Morgan fingerprint density at radius 2 is 2.29 bits per heavy atom. The summed E-state index contributed by atoms with van der Waals surface area (Å²) < 4.78 is 0. The Morgan fingerprint density at radius 3 is 2.29 bits per heavy atom. The predicted molar refractivity (Wildman–Crippen MR) is 37.7 cm³/mol. The number of hydrogen-bond donors (Lipinski definition) is 0. The van der Waals surface area contributed by atoms with Gasteiger partial charge in [0.15, 0.2) is 0 Å². The summed E-state index contributed by atoms with van der Waals surface area (Å²) in [4.78, 5) is 0. The third kappa shape index (κ3) is 2.52. The molecule has 0 aliphatic rings. The van der Waals surface area contributed by atoms with E-state index in [1.54, 1.807) is 5.37 Å². The van der Waals surface area contributed by atoms with Gasteiger partial charge in [0, 0.05) is 5.37 Å². The maximum atomic E-state index is 4.68. The summed E-state index contributed by atoms with van der Waals surface area (Å²) in [6.45, 7) is 4.10. The maximum absolute atomic E-state index is 4.68. The zero-order valence-corrected chi connectivity index (χ0v) is 5.59. The minimum Gasteiger partial charge on any atom is -0.0884 e. The van der Waals surface area contributed by atoms with Gasteiger partial charge in [-0.2, -0.15) is 0 Å². The van der Waals surface area contributed by atoms with Gasteiger partial charge < -0.3 is 0 Å². The summed E-state index contributed by atoms with van der Waals surface area (Å²) in [7, 11) is 0. The lowest BCUT2D eigenvalue weighted by Crippen LogP contribution is -1.74. The Hall–Kier alpha value is -0.170. The summed E-state index contributed by atoms with van der Waals surface area (Å²) in [5.74, 6) is 0. The van der Waals surface area contributed by atoms with Crippen LogP contribution < -0.4 is 0 Å². The molecule has 0 saturated heterocycles. The first-order chi connectivity index (χ1) is 3.35. The first kappa shape index (κ1) is 6.83. The van der Waals surface area contributed by atoms with E-state index in [1.165, 1.54) is 5.57 Å². The zero-order chi connectivity index (χ0) is 5.70. The molecule has 0 atom stereocenters. The van der Waals surface area contributed by atoms with Gasteiger partial charge >= 0.3 is 0 Å². The van der Waals surface area contributed by atoms with Crippen LogP contribution in [-0.4, -0.2) is 5.37 Å². The van der Waals surface area contributed by atoms with Crippen molar-refractivity contribution in [2.24, 2.45) is 0 Å². The van der Waals surface area contributed by atoms with Crippen LogP contribution >= 0.6 is 12.2 Å². The van der Waals surface area contributed by atoms with Gasteiger partial charge in [-0.15, -0.1) is 0 Å². The highest BCUT2D eigenvalue weighted by atomic mass is 32.1. The molecule has 0 saturated carbocycles. The van der Waals surface area contributed by atoms with Gasteiger partial charge in [0.25, 0.3) is 0 Å². The van der Waals surface area contributed by atoms with E-state index in [0.29, 0.717) is 0 Å². The Morgan fingerprint density at radius 1 is 1.71 bits per heavy atom. The Bertz CT molecular complexity index is 82.2.